The third-order valence-corrected chi connectivity index (χ3v) is 8.59. The summed E-state index contributed by atoms with van der Waals surface area (Å²) in [5.41, 5.74) is 1.91. The molecule has 3 rings (SSSR count). The molecule has 1 amide bonds. The first-order valence-corrected chi connectivity index (χ1v) is 13.7. The van der Waals surface area contributed by atoms with E-state index in [1.165, 1.54) is 9.87 Å². The quantitative estimate of drug-likeness (QED) is 0.511. The molecule has 1 aliphatic rings. The number of nitrogens with zero attached hydrogens (tertiary/aromatic N) is 1. The SMILES string of the molecule is O=C(NCCSCc1ccc(Cl)cc1)C1CCN(S(=O)(=O)Cc2ccc(Cl)cc2)CC1. The van der Waals surface area contributed by atoms with E-state index in [9.17, 15) is 13.2 Å². The molecule has 2 aromatic carbocycles. The largest absolute Gasteiger partial charge is 0.355 e. The molecule has 31 heavy (non-hydrogen) atoms. The van der Waals surface area contributed by atoms with E-state index in [2.05, 4.69) is 5.32 Å². The maximum atomic E-state index is 12.7. The van der Waals surface area contributed by atoms with Gasteiger partial charge in [0.2, 0.25) is 15.9 Å². The number of sulfonamides is 1. The van der Waals surface area contributed by atoms with Crippen LogP contribution in [0.1, 0.15) is 24.0 Å². The molecule has 0 radical (unpaired) electrons. The van der Waals surface area contributed by atoms with Gasteiger partial charge in [0.15, 0.2) is 0 Å². The van der Waals surface area contributed by atoms with Gasteiger partial charge in [0.05, 0.1) is 5.75 Å². The van der Waals surface area contributed by atoms with E-state index < -0.39 is 10.0 Å². The van der Waals surface area contributed by atoms with Gasteiger partial charge in [-0.1, -0.05) is 47.5 Å². The van der Waals surface area contributed by atoms with E-state index in [4.69, 9.17) is 23.2 Å². The van der Waals surface area contributed by atoms with Crippen molar-refractivity contribution < 1.29 is 13.2 Å². The Morgan fingerprint density at radius 1 is 0.968 bits per heavy atom. The van der Waals surface area contributed by atoms with Gasteiger partial charge in [-0.25, -0.2) is 12.7 Å². The molecule has 5 nitrogen and oxygen atoms in total. The number of halogens is 2. The number of carbonyl (C=O) groups excluding carboxylic acids is 1. The van der Waals surface area contributed by atoms with Crippen LogP contribution >= 0.6 is 35.0 Å². The molecule has 168 valence electrons. The minimum Gasteiger partial charge on any atom is -0.355 e. The Morgan fingerprint density at radius 2 is 1.52 bits per heavy atom. The first-order valence-electron chi connectivity index (χ1n) is 10.2. The van der Waals surface area contributed by atoms with E-state index in [0.29, 0.717) is 43.1 Å². The second-order valence-corrected chi connectivity index (χ2v) is 11.5. The third kappa shape index (κ3) is 7.68. The van der Waals surface area contributed by atoms with Gasteiger partial charge in [-0.3, -0.25) is 4.79 Å². The Morgan fingerprint density at radius 3 is 2.10 bits per heavy atom. The second-order valence-electron chi connectivity index (χ2n) is 7.53. The summed E-state index contributed by atoms with van der Waals surface area (Å²) in [4.78, 5) is 12.4. The number of carbonyl (C=O) groups is 1. The fourth-order valence-corrected chi connectivity index (χ4v) is 6.07. The van der Waals surface area contributed by atoms with E-state index in [1.807, 2.05) is 24.3 Å². The Kier molecular flexibility index (Phi) is 9.10. The molecule has 0 aliphatic carbocycles. The number of hydrogen-bond acceptors (Lipinski definition) is 4. The zero-order valence-corrected chi connectivity index (χ0v) is 20.2. The van der Waals surface area contributed by atoms with Crippen LogP contribution < -0.4 is 5.32 Å². The summed E-state index contributed by atoms with van der Waals surface area (Å²) in [7, 11) is -3.40. The normalized spacial score (nSPS) is 15.7. The number of piperidine rings is 1. The molecule has 1 saturated heterocycles. The van der Waals surface area contributed by atoms with Crippen molar-refractivity contribution in [3.63, 3.8) is 0 Å². The predicted molar refractivity (Wildman–Crippen MR) is 129 cm³/mol. The van der Waals surface area contributed by atoms with Crippen molar-refractivity contribution in [2.45, 2.75) is 24.3 Å². The smallest absolute Gasteiger partial charge is 0.223 e. The highest BCUT2D eigenvalue weighted by molar-refractivity contribution is 7.98. The molecule has 0 unspecified atom stereocenters. The Labute approximate surface area is 198 Å². The maximum Gasteiger partial charge on any atom is 0.223 e. The van der Waals surface area contributed by atoms with Gasteiger partial charge < -0.3 is 5.32 Å². The molecule has 1 heterocycles. The minimum atomic E-state index is -3.40. The van der Waals surface area contributed by atoms with Crippen molar-refractivity contribution in [3.8, 4) is 0 Å². The molecule has 1 N–H and O–H groups in total. The van der Waals surface area contributed by atoms with Gasteiger partial charge in [-0.2, -0.15) is 11.8 Å². The van der Waals surface area contributed by atoms with Crippen LogP contribution in [0.25, 0.3) is 0 Å². The number of rotatable bonds is 9. The average Bonchev–Trinajstić information content (AvgIpc) is 2.76. The number of nitrogens with one attached hydrogen (secondary N) is 1. The number of thioether (sulfide) groups is 1. The van der Waals surface area contributed by atoms with Crippen molar-refractivity contribution in [3.05, 3.63) is 69.7 Å². The molecule has 0 aromatic heterocycles. The Hall–Kier alpha value is -1.25. The van der Waals surface area contributed by atoms with Crippen molar-refractivity contribution >= 4 is 50.9 Å². The molecule has 1 fully saturated rings. The average molecular weight is 502 g/mol. The summed E-state index contributed by atoms with van der Waals surface area (Å²) in [6, 6.07) is 14.6. The molecular weight excluding hydrogens is 475 g/mol. The van der Waals surface area contributed by atoms with E-state index in [1.54, 1.807) is 36.0 Å². The van der Waals surface area contributed by atoms with Crippen LogP contribution in [0.2, 0.25) is 10.0 Å². The summed E-state index contributed by atoms with van der Waals surface area (Å²) >= 11 is 13.5. The van der Waals surface area contributed by atoms with Crippen molar-refractivity contribution in [2.75, 3.05) is 25.4 Å². The summed E-state index contributed by atoms with van der Waals surface area (Å²) in [6.07, 6.45) is 1.09. The second kappa shape index (κ2) is 11.6. The molecule has 0 atom stereocenters. The molecule has 0 bridgehead atoms. The van der Waals surface area contributed by atoms with Gasteiger partial charge in [0, 0.05) is 47.1 Å². The summed E-state index contributed by atoms with van der Waals surface area (Å²) in [5, 5.41) is 4.29. The zero-order chi connectivity index (χ0) is 22.3. The van der Waals surface area contributed by atoms with Crippen LogP contribution in [0.3, 0.4) is 0 Å². The summed E-state index contributed by atoms with van der Waals surface area (Å²) in [5.74, 6) is 1.52. The van der Waals surface area contributed by atoms with Crippen LogP contribution in [0.4, 0.5) is 0 Å². The molecular formula is C22H26Cl2N2O3S2. The van der Waals surface area contributed by atoms with Gasteiger partial charge in [0.25, 0.3) is 0 Å². The zero-order valence-electron chi connectivity index (χ0n) is 17.1. The minimum absolute atomic E-state index is 0.0156. The highest BCUT2D eigenvalue weighted by atomic mass is 35.5. The van der Waals surface area contributed by atoms with E-state index in [-0.39, 0.29) is 17.6 Å². The molecule has 1 aliphatic heterocycles. The summed E-state index contributed by atoms with van der Waals surface area (Å²) < 4.78 is 26.9. The number of amides is 1. The van der Waals surface area contributed by atoms with Crippen LogP contribution in [-0.2, 0) is 26.3 Å². The number of benzene rings is 2. The van der Waals surface area contributed by atoms with Crippen LogP contribution in [0, 0.1) is 5.92 Å². The highest BCUT2D eigenvalue weighted by Gasteiger charge is 2.31. The van der Waals surface area contributed by atoms with Gasteiger partial charge in [-0.15, -0.1) is 0 Å². The monoisotopic (exact) mass is 500 g/mol. The Bertz CT molecular complexity index is 959. The fourth-order valence-electron chi connectivity index (χ4n) is 3.44. The predicted octanol–water partition coefficient (Wildman–Crippen LogP) is 4.58. The Balaban J connectivity index is 1.36. The molecule has 2 aromatic rings. The lowest BCUT2D eigenvalue weighted by Gasteiger charge is -2.30. The molecule has 0 spiro atoms. The van der Waals surface area contributed by atoms with Crippen LogP contribution in [0.15, 0.2) is 48.5 Å². The van der Waals surface area contributed by atoms with Crippen LogP contribution in [-0.4, -0.2) is 44.0 Å². The van der Waals surface area contributed by atoms with Crippen LogP contribution in [0.5, 0.6) is 0 Å². The highest BCUT2D eigenvalue weighted by Crippen LogP contribution is 2.22. The first-order chi connectivity index (χ1) is 14.8. The first kappa shape index (κ1) is 24.4. The van der Waals surface area contributed by atoms with Crippen molar-refractivity contribution in [1.82, 2.24) is 9.62 Å². The number of hydrogen-bond donors (Lipinski definition) is 1. The van der Waals surface area contributed by atoms with Gasteiger partial charge in [-0.05, 0) is 48.2 Å². The standard InChI is InChI=1S/C22H26Cl2N2O3S2/c23-20-5-1-17(2-6-20)15-30-14-11-25-22(27)19-9-12-26(13-10-19)31(28,29)16-18-3-7-21(24)8-4-18/h1-8,19H,9-16H2,(H,25,27). The van der Waals surface area contributed by atoms with Gasteiger partial charge in [0.1, 0.15) is 0 Å². The fraction of sp³-hybridized carbons (Fsp3) is 0.409. The molecule has 0 saturated carbocycles. The maximum absolute atomic E-state index is 12.7. The molecule has 9 heteroatoms. The topological polar surface area (TPSA) is 66.5 Å². The van der Waals surface area contributed by atoms with Crippen molar-refractivity contribution in [1.29, 1.82) is 0 Å². The lowest BCUT2D eigenvalue weighted by atomic mass is 9.97. The van der Waals surface area contributed by atoms with Gasteiger partial charge >= 0.3 is 0 Å². The summed E-state index contributed by atoms with van der Waals surface area (Å²) in [6.45, 7) is 1.35. The van der Waals surface area contributed by atoms with Crippen molar-refractivity contribution in [2.24, 2.45) is 5.92 Å². The van der Waals surface area contributed by atoms with E-state index in [0.717, 1.165) is 16.5 Å². The third-order valence-electron chi connectivity index (χ3n) is 5.21. The lowest BCUT2D eigenvalue weighted by molar-refractivity contribution is -0.125. The van der Waals surface area contributed by atoms with E-state index >= 15 is 0 Å². The lowest BCUT2D eigenvalue weighted by Crippen LogP contribution is -2.43.